The van der Waals surface area contributed by atoms with Crippen LogP contribution in [0.4, 0.5) is 11.8 Å². The number of rotatable bonds is 5. The molecular formula is C13H21BrN4. The molecule has 2 rings (SSSR count). The van der Waals surface area contributed by atoms with Crippen molar-refractivity contribution < 1.29 is 0 Å². The van der Waals surface area contributed by atoms with Crippen LogP contribution in [0.25, 0.3) is 0 Å². The highest BCUT2D eigenvalue weighted by Crippen LogP contribution is 2.31. The maximum Gasteiger partial charge on any atom is 0.224 e. The molecule has 5 heteroatoms. The summed E-state index contributed by atoms with van der Waals surface area (Å²) in [6, 6.07) is 0. The number of anilines is 2. The third kappa shape index (κ3) is 3.57. The maximum atomic E-state index is 4.46. The Morgan fingerprint density at radius 1 is 1.39 bits per heavy atom. The highest BCUT2D eigenvalue weighted by atomic mass is 79.9. The van der Waals surface area contributed by atoms with E-state index in [0.29, 0.717) is 5.95 Å². The van der Waals surface area contributed by atoms with Crippen molar-refractivity contribution in [3.05, 3.63) is 10.7 Å². The fraction of sp³-hybridized carbons (Fsp3) is 0.692. The monoisotopic (exact) mass is 312 g/mol. The summed E-state index contributed by atoms with van der Waals surface area (Å²) in [6.45, 7) is 6.22. The van der Waals surface area contributed by atoms with Gasteiger partial charge in [0.1, 0.15) is 5.82 Å². The van der Waals surface area contributed by atoms with Gasteiger partial charge in [-0.3, -0.25) is 0 Å². The molecule has 1 aliphatic rings. The van der Waals surface area contributed by atoms with Crippen LogP contribution >= 0.6 is 15.9 Å². The Bertz CT molecular complexity index is 397. The molecule has 0 bridgehead atoms. The third-order valence-electron chi connectivity index (χ3n) is 3.44. The summed E-state index contributed by atoms with van der Waals surface area (Å²) in [7, 11) is 0. The van der Waals surface area contributed by atoms with Crippen molar-refractivity contribution in [2.24, 2.45) is 11.8 Å². The number of nitrogens with zero attached hydrogens (tertiary/aromatic N) is 2. The van der Waals surface area contributed by atoms with Crippen LogP contribution in [0.15, 0.2) is 10.7 Å². The van der Waals surface area contributed by atoms with E-state index in [1.54, 1.807) is 6.20 Å². The van der Waals surface area contributed by atoms with Crippen molar-refractivity contribution in [2.45, 2.75) is 33.1 Å². The molecule has 1 aromatic rings. The zero-order chi connectivity index (χ0) is 13.0. The SMILES string of the molecule is CCNc1ncc(Br)c(NCC2CCC(C)C2)n1. The predicted octanol–water partition coefficient (Wildman–Crippen LogP) is 3.52. The first-order valence-electron chi connectivity index (χ1n) is 6.69. The van der Waals surface area contributed by atoms with Gasteiger partial charge in [-0.2, -0.15) is 4.98 Å². The Balaban J connectivity index is 1.93. The van der Waals surface area contributed by atoms with Gasteiger partial charge in [-0.25, -0.2) is 4.98 Å². The molecule has 0 amide bonds. The molecule has 0 saturated heterocycles. The largest absolute Gasteiger partial charge is 0.369 e. The van der Waals surface area contributed by atoms with E-state index in [-0.39, 0.29) is 0 Å². The second-order valence-electron chi connectivity index (χ2n) is 5.09. The van der Waals surface area contributed by atoms with Crippen molar-refractivity contribution in [1.82, 2.24) is 9.97 Å². The number of halogens is 1. The molecule has 1 aliphatic carbocycles. The smallest absolute Gasteiger partial charge is 0.224 e. The van der Waals surface area contributed by atoms with Crippen LogP contribution in [0.1, 0.15) is 33.1 Å². The topological polar surface area (TPSA) is 49.8 Å². The third-order valence-corrected chi connectivity index (χ3v) is 4.02. The maximum absolute atomic E-state index is 4.46. The minimum absolute atomic E-state index is 0.683. The number of hydrogen-bond acceptors (Lipinski definition) is 4. The van der Waals surface area contributed by atoms with Crippen molar-refractivity contribution in [2.75, 3.05) is 23.7 Å². The second kappa shape index (κ2) is 6.36. The molecule has 1 aromatic heterocycles. The van der Waals surface area contributed by atoms with Crippen molar-refractivity contribution >= 4 is 27.7 Å². The summed E-state index contributed by atoms with van der Waals surface area (Å²) >= 11 is 3.49. The summed E-state index contributed by atoms with van der Waals surface area (Å²) in [5, 5.41) is 6.56. The van der Waals surface area contributed by atoms with Crippen LogP contribution in [-0.4, -0.2) is 23.1 Å². The summed E-state index contributed by atoms with van der Waals surface area (Å²) in [5.41, 5.74) is 0. The highest BCUT2D eigenvalue weighted by Gasteiger charge is 2.21. The molecule has 2 atom stereocenters. The van der Waals surface area contributed by atoms with E-state index in [9.17, 15) is 0 Å². The van der Waals surface area contributed by atoms with Gasteiger partial charge in [0, 0.05) is 19.3 Å². The lowest BCUT2D eigenvalue weighted by molar-refractivity contribution is 0.536. The molecule has 0 radical (unpaired) electrons. The Morgan fingerprint density at radius 3 is 2.89 bits per heavy atom. The molecule has 0 spiro atoms. The average Bonchev–Trinajstić information content (AvgIpc) is 2.76. The molecule has 0 aromatic carbocycles. The molecule has 100 valence electrons. The van der Waals surface area contributed by atoms with Crippen LogP contribution < -0.4 is 10.6 Å². The zero-order valence-electron chi connectivity index (χ0n) is 11.0. The van der Waals surface area contributed by atoms with Crippen LogP contribution in [-0.2, 0) is 0 Å². The second-order valence-corrected chi connectivity index (χ2v) is 5.94. The van der Waals surface area contributed by atoms with Crippen LogP contribution in [0.5, 0.6) is 0 Å². The minimum atomic E-state index is 0.683. The summed E-state index contributed by atoms with van der Waals surface area (Å²) in [5.74, 6) is 3.23. The normalized spacial score (nSPS) is 23.1. The van der Waals surface area contributed by atoms with E-state index in [1.807, 2.05) is 6.92 Å². The summed E-state index contributed by atoms with van der Waals surface area (Å²) in [4.78, 5) is 8.67. The van der Waals surface area contributed by atoms with Gasteiger partial charge >= 0.3 is 0 Å². The average molecular weight is 313 g/mol. The van der Waals surface area contributed by atoms with E-state index < -0.39 is 0 Å². The van der Waals surface area contributed by atoms with Crippen LogP contribution in [0, 0.1) is 11.8 Å². The van der Waals surface area contributed by atoms with Crippen molar-refractivity contribution in [3.8, 4) is 0 Å². The van der Waals surface area contributed by atoms with Crippen molar-refractivity contribution in [1.29, 1.82) is 0 Å². The first kappa shape index (κ1) is 13.6. The summed E-state index contributed by atoms with van der Waals surface area (Å²) < 4.78 is 0.926. The van der Waals surface area contributed by atoms with Gasteiger partial charge in [-0.05, 0) is 47.5 Å². The number of nitrogens with one attached hydrogen (secondary N) is 2. The van der Waals surface area contributed by atoms with Crippen LogP contribution in [0.3, 0.4) is 0 Å². The fourth-order valence-electron chi connectivity index (χ4n) is 2.49. The Labute approximate surface area is 117 Å². The van der Waals surface area contributed by atoms with E-state index >= 15 is 0 Å². The lowest BCUT2D eigenvalue weighted by Crippen LogP contribution is -2.14. The lowest BCUT2D eigenvalue weighted by Gasteiger charge is -2.13. The highest BCUT2D eigenvalue weighted by molar-refractivity contribution is 9.10. The number of hydrogen-bond donors (Lipinski definition) is 2. The molecular weight excluding hydrogens is 292 g/mol. The molecule has 4 nitrogen and oxygen atoms in total. The van der Waals surface area contributed by atoms with E-state index in [4.69, 9.17) is 0 Å². The quantitative estimate of drug-likeness (QED) is 0.873. The standard InChI is InChI=1S/C13H21BrN4/c1-3-15-13-17-8-11(14)12(18-13)16-7-10-5-4-9(2)6-10/h8-10H,3-7H2,1-2H3,(H2,15,16,17,18). The van der Waals surface area contributed by atoms with Crippen molar-refractivity contribution in [3.63, 3.8) is 0 Å². The lowest BCUT2D eigenvalue weighted by atomic mass is 10.1. The van der Waals surface area contributed by atoms with Gasteiger partial charge in [-0.1, -0.05) is 13.3 Å². The Morgan fingerprint density at radius 2 is 2.22 bits per heavy atom. The van der Waals surface area contributed by atoms with Gasteiger partial charge in [-0.15, -0.1) is 0 Å². The Kier molecular flexibility index (Phi) is 4.80. The molecule has 1 saturated carbocycles. The van der Waals surface area contributed by atoms with Crippen LogP contribution in [0.2, 0.25) is 0 Å². The minimum Gasteiger partial charge on any atom is -0.369 e. The molecule has 1 fully saturated rings. The molecule has 2 N–H and O–H groups in total. The van der Waals surface area contributed by atoms with E-state index in [1.165, 1.54) is 19.3 Å². The Hall–Kier alpha value is -0.840. The van der Waals surface area contributed by atoms with Gasteiger partial charge in [0.05, 0.1) is 4.47 Å². The molecule has 0 aliphatic heterocycles. The zero-order valence-corrected chi connectivity index (χ0v) is 12.6. The van der Waals surface area contributed by atoms with E-state index in [2.05, 4.69) is 43.5 Å². The first-order chi connectivity index (χ1) is 8.69. The van der Waals surface area contributed by atoms with E-state index in [0.717, 1.165) is 35.2 Å². The van der Waals surface area contributed by atoms with Gasteiger partial charge in [0.2, 0.25) is 5.95 Å². The fourth-order valence-corrected chi connectivity index (χ4v) is 2.82. The molecule has 18 heavy (non-hydrogen) atoms. The van der Waals surface area contributed by atoms with Gasteiger partial charge in [0.25, 0.3) is 0 Å². The predicted molar refractivity (Wildman–Crippen MR) is 78.9 cm³/mol. The molecule has 2 unspecified atom stereocenters. The first-order valence-corrected chi connectivity index (χ1v) is 7.48. The number of aromatic nitrogens is 2. The van der Waals surface area contributed by atoms with Gasteiger partial charge < -0.3 is 10.6 Å². The summed E-state index contributed by atoms with van der Waals surface area (Å²) in [6.07, 6.45) is 5.82. The molecule has 1 heterocycles. The van der Waals surface area contributed by atoms with Gasteiger partial charge in [0.15, 0.2) is 0 Å².